The summed E-state index contributed by atoms with van der Waals surface area (Å²) in [6, 6.07) is 12.9. The monoisotopic (exact) mass is 270 g/mol. The van der Waals surface area contributed by atoms with Crippen molar-refractivity contribution in [1.82, 2.24) is 10.2 Å². The summed E-state index contributed by atoms with van der Waals surface area (Å²) >= 11 is 0. The van der Waals surface area contributed by atoms with Gasteiger partial charge in [-0.3, -0.25) is 5.10 Å². The smallest absolute Gasteiger partial charge is 0.126 e. The Morgan fingerprint density at radius 2 is 1.75 bits per heavy atom. The molecule has 4 heteroatoms. The van der Waals surface area contributed by atoms with Gasteiger partial charge < -0.3 is 0 Å². The molecule has 0 saturated carbocycles. The van der Waals surface area contributed by atoms with Gasteiger partial charge >= 0.3 is 0 Å². The average molecular weight is 270 g/mol. The van der Waals surface area contributed by atoms with Crippen LogP contribution in [0.4, 0.5) is 8.78 Å². The van der Waals surface area contributed by atoms with Gasteiger partial charge in [-0.2, -0.15) is 5.10 Å². The summed E-state index contributed by atoms with van der Waals surface area (Å²) in [6.45, 7) is 1.72. The maximum Gasteiger partial charge on any atom is 0.126 e. The van der Waals surface area contributed by atoms with Crippen LogP contribution in [-0.2, 0) is 0 Å². The number of halogens is 2. The lowest BCUT2D eigenvalue weighted by Gasteiger charge is -2.02. The number of hydrogen-bond acceptors (Lipinski definition) is 1. The molecule has 0 aliphatic carbocycles. The Balaban J connectivity index is 2.02. The topological polar surface area (TPSA) is 28.7 Å². The molecule has 100 valence electrons. The highest BCUT2D eigenvalue weighted by Crippen LogP contribution is 2.27. The van der Waals surface area contributed by atoms with Gasteiger partial charge in [-0.15, -0.1) is 0 Å². The summed E-state index contributed by atoms with van der Waals surface area (Å²) in [4.78, 5) is 0. The zero-order valence-corrected chi connectivity index (χ0v) is 10.8. The predicted octanol–water partition coefficient (Wildman–Crippen LogP) is 4.33. The molecule has 0 fully saturated rings. The fourth-order valence-electron chi connectivity index (χ4n) is 2.12. The van der Waals surface area contributed by atoms with Crippen LogP contribution in [0.3, 0.4) is 0 Å². The molecule has 0 atom stereocenters. The van der Waals surface area contributed by atoms with Gasteiger partial charge in [-0.25, -0.2) is 8.78 Å². The van der Waals surface area contributed by atoms with Crippen molar-refractivity contribution in [2.45, 2.75) is 6.92 Å². The molecule has 2 aromatic carbocycles. The van der Waals surface area contributed by atoms with Crippen LogP contribution in [0.25, 0.3) is 22.5 Å². The zero-order chi connectivity index (χ0) is 14.1. The number of H-pyrrole nitrogens is 1. The van der Waals surface area contributed by atoms with E-state index in [1.54, 1.807) is 25.1 Å². The van der Waals surface area contributed by atoms with Crippen LogP contribution in [0.2, 0.25) is 0 Å². The van der Waals surface area contributed by atoms with Crippen LogP contribution in [0.5, 0.6) is 0 Å². The lowest BCUT2D eigenvalue weighted by Crippen LogP contribution is -1.87. The van der Waals surface area contributed by atoms with Crippen LogP contribution in [0, 0.1) is 18.6 Å². The Kier molecular flexibility index (Phi) is 3.06. The summed E-state index contributed by atoms with van der Waals surface area (Å²) in [7, 11) is 0. The van der Waals surface area contributed by atoms with E-state index in [1.165, 1.54) is 18.2 Å². The molecule has 3 rings (SSSR count). The lowest BCUT2D eigenvalue weighted by molar-refractivity contribution is 0.619. The Morgan fingerprint density at radius 3 is 2.50 bits per heavy atom. The Bertz CT molecular complexity index is 745. The SMILES string of the molecule is Cc1c(F)cccc1-c1cc(-c2ccc(F)cc2)[nH]n1. The Hall–Kier alpha value is -2.49. The van der Waals surface area contributed by atoms with Crippen molar-refractivity contribution in [3.63, 3.8) is 0 Å². The molecule has 0 unspecified atom stereocenters. The minimum absolute atomic E-state index is 0.256. The molecule has 1 N–H and O–H groups in total. The number of hydrogen-bond donors (Lipinski definition) is 1. The molecule has 0 aliphatic rings. The van der Waals surface area contributed by atoms with Crippen LogP contribution in [0.1, 0.15) is 5.56 Å². The highest BCUT2D eigenvalue weighted by molar-refractivity contribution is 5.70. The minimum Gasteiger partial charge on any atom is -0.277 e. The molecular formula is C16H12F2N2. The third-order valence-electron chi connectivity index (χ3n) is 3.28. The van der Waals surface area contributed by atoms with E-state index in [1.807, 2.05) is 12.1 Å². The van der Waals surface area contributed by atoms with E-state index in [4.69, 9.17) is 0 Å². The predicted molar refractivity (Wildman–Crippen MR) is 74.1 cm³/mol. The van der Waals surface area contributed by atoms with Crippen molar-refractivity contribution in [1.29, 1.82) is 0 Å². The van der Waals surface area contributed by atoms with Crippen LogP contribution < -0.4 is 0 Å². The molecule has 0 bridgehead atoms. The van der Waals surface area contributed by atoms with Gasteiger partial charge in [0.15, 0.2) is 0 Å². The number of benzene rings is 2. The Morgan fingerprint density at radius 1 is 1.00 bits per heavy atom. The Labute approximate surface area is 115 Å². The van der Waals surface area contributed by atoms with Crippen molar-refractivity contribution in [2.24, 2.45) is 0 Å². The molecule has 2 nitrogen and oxygen atoms in total. The maximum absolute atomic E-state index is 13.6. The van der Waals surface area contributed by atoms with Crippen molar-refractivity contribution in [3.05, 3.63) is 65.7 Å². The van der Waals surface area contributed by atoms with E-state index in [0.29, 0.717) is 11.3 Å². The fraction of sp³-hybridized carbons (Fsp3) is 0.0625. The quantitative estimate of drug-likeness (QED) is 0.737. The van der Waals surface area contributed by atoms with Gasteiger partial charge in [0.25, 0.3) is 0 Å². The van der Waals surface area contributed by atoms with E-state index in [-0.39, 0.29) is 11.6 Å². The fourth-order valence-corrected chi connectivity index (χ4v) is 2.12. The first-order chi connectivity index (χ1) is 9.65. The molecule has 0 aliphatic heterocycles. The average Bonchev–Trinajstić information content (AvgIpc) is 2.92. The third-order valence-corrected chi connectivity index (χ3v) is 3.28. The second kappa shape index (κ2) is 4.89. The lowest BCUT2D eigenvalue weighted by atomic mass is 10.0. The standard InChI is InChI=1S/C16H12F2N2/c1-10-13(3-2-4-14(10)18)16-9-15(19-20-16)11-5-7-12(17)8-6-11/h2-9H,1H3,(H,19,20). The largest absolute Gasteiger partial charge is 0.277 e. The minimum atomic E-state index is -0.283. The molecule has 0 amide bonds. The second-order valence-corrected chi connectivity index (χ2v) is 4.59. The summed E-state index contributed by atoms with van der Waals surface area (Å²) in [5.41, 5.74) is 3.57. The number of rotatable bonds is 2. The number of nitrogens with zero attached hydrogens (tertiary/aromatic N) is 1. The molecule has 20 heavy (non-hydrogen) atoms. The molecule has 0 spiro atoms. The van der Waals surface area contributed by atoms with Crippen molar-refractivity contribution < 1.29 is 8.78 Å². The maximum atomic E-state index is 13.6. The highest BCUT2D eigenvalue weighted by Gasteiger charge is 2.10. The zero-order valence-electron chi connectivity index (χ0n) is 10.8. The van der Waals surface area contributed by atoms with Crippen molar-refractivity contribution in [2.75, 3.05) is 0 Å². The summed E-state index contributed by atoms with van der Waals surface area (Å²) < 4.78 is 26.5. The molecular weight excluding hydrogens is 258 g/mol. The normalized spacial score (nSPS) is 10.8. The van der Waals surface area contributed by atoms with Crippen molar-refractivity contribution >= 4 is 0 Å². The van der Waals surface area contributed by atoms with E-state index in [9.17, 15) is 8.78 Å². The first-order valence-corrected chi connectivity index (χ1v) is 6.22. The van der Waals surface area contributed by atoms with E-state index in [2.05, 4.69) is 10.2 Å². The van der Waals surface area contributed by atoms with Gasteiger partial charge in [-0.1, -0.05) is 12.1 Å². The van der Waals surface area contributed by atoms with Crippen LogP contribution in [-0.4, -0.2) is 10.2 Å². The van der Waals surface area contributed by atoms with Gasteiger partial charge in [0.2, 0.25) is 0 Å². The molecule has 3 aromatic rings. The van der Waals surface area contributed by atoms with E-state index >= 15 is 0 Å². The summed E-state index contributed by atoms with van der Waals surface area (Å²) in [6.07, 6.45) is 0. The van der Waals surface area contributed by atoms with Gasteiger partial charge in [0, 0.05) is 5.56 Å². The number of aromatic nitrogens is 2. The van der Waals surface area contributed by atoms with Gasteiger partial charge in [0.1, 0.15) is 11.6 Å². The van der Waals surface area contributed by atoms with Crippen LogP contribution in [0.15, 0.2) is 48.5 Å². The van der Waals surface area contributed by atoms with Gasteiger partial charge in [0.05, 0.1) is 11.4 Å². The second-order valence-electron chi connectivity index (χ2n) is 4.59. The molecule has 1 aromatic heterocycles. The molecule has 0 radical (unpaired) electrons. The summed E-state index contributed by atoms with van der Waals surface area (Å²) in [5.74, 6) is -0.539. The van der Waals surface area contributed by atoms with Crippen molar-refractivity contribution in [3.8, 4) is 22.5 Å². The molecule has 0 saturated heterocycles. The summed E-state index contributed by atoms with van der Waals surface area (Å²) in [5, 5.41) is 7.09. The molecule has 1 heterocycles. The first-order valence-electron chi connectivity index (χ1n) is 6.22. The van der Waals surface area contributed by atoms with Crippen LogP contribution >= 0.6 is 0 Å². The number of nitrogens with one attached hydrogen (secondary N) is 1. The van der Waals surface area contributed by atoms with E-state index < -0.39 is 0 Å². The first kappa shape index (κ1) is 12.5. The number of aromatic amines is 1. The third kappa shape index (κ3) is 2.20. The highest BCUT2D eigenvalue weighted by atomic mass is 19.1. The van der Waals surface area contributed by atoms with Gasteiger partial charge in [-0.05, 0) is 54.4 Å². The van der Waals surface area contributed by atoms with E-state index in [0.717, 1.165) is 16.8 Å².